The van der Waals surface area contributed by atoms with Crippen molar-refractivity contribution in [2.75, 3.05) is 23.0 Å². The first-order valence-electron chi connectivity index (χ1n) is 10.9. The number of nitrogens with one attached hydrogen (secondary N) is 2. The van der Waals surface area contributed by atoms with Gasteiger partial charge in [0.15, 0.2) is 11.0 Å². The molecular formula is C24H29N5O2S. The van der Waals surface area contributed by atoms with E-state index in [4.69, 9.17) is 4.74 Å². The zero-order valence-electron chi connectivity index (χ0n) is 18.5. The van der Waals surface area contributed by atoms with Crippen LogP contribution in [0.2, 0.25) is 0 Å². The van der Waals surface area contributed by atoms with Crippen LogP contribution in [0.15, 0.2) is 53.7 Å². The van der Waals surface area contributed by atoms with E-state index in [0.29, 0.717) is 13.1 Å². The van der Waals surface area contributed by atoms with E-state index in [9.17, 15) is 4.79 Å². The first-order valence-corrected chi connectivity index (χ1v) is 11.9. The fraction of sp³-hybridized carbons (Fsp3) is 0.375. The second kappa shape index (κ2) is 10.7. The third-order valence-electron chi connectivity index (χ3n) is 5.41. The quantitative estimate of drug-likeness (QED) is 0.469. The van der Waals surface area contributed by atoms with E-state index in [1.807, 2.05) is 30.3 Å². The van der Waals surface area contributed by atoms with E-state index in [-0.39, 0.29) is 17.8 Å². The highest BCUT2D eigenvalue weighted by molar-refractivity contribution is 7.99. The van der Waals surface area contributed by atoms with Crippen molar-refractivity contribution in [3.05, 3.63) is 65.5 Å². The number of aromatic nitrogens is 3. The molecule has 2 N–H and O–H groups in total. The van der Waals surface area contributed by atoms with Gasteiger partial charge in [-0.15, -0.1) is 10.2 Å². The van der Waals surface area contributed by atoms with Gasteiger partial charge in [-0.2, -0.15) is 0 Å². The maximum Gasteiger partial charge on any atom is 0.234 e. The number of amides is 1. The van der Waals surface area contributed by atoms with Gasteiger partial charge in [-0.3, -0.25) is 4.79 Å². The molecule has 0 spiro atoms. The molecule has 1 aliphatic rings. The highest BCUT2D eigenvalue weighted by Crippen LogP contribution is 2.23. The first kappa shape index (κ1) is 22.4. The minimum Gasteiger partial charge on any atom is -0.378 e. The molecule has 8 heteroatoms. The van der Waals surface area contributed by atoms with Crippen LogP contribution in [-0.4, -0.2) is 39.1 Å². The van der Waals surface area contributed by atoms with Crippen LogP contribution in [0, 0.1) is 13.8 Å². The van der Waals surface area contributed by atoms with Crippen LogP contribution in [0.3, 0.4) is 0 Å². The molecule has 0 radical (unpaired) electrons. The number of rotatable bonds is 9. The van der Waals surface area contributed by atoms with Gasteiger partial charge in [0, 0.05) is 18.0 Å². The SMILES string of the molecule is Cc1ccc(NCc2nnc(SCC(=O)Nc3ccccc3)n2C[C@H]2CCCO2)c(C)c1. The van der Waals surface area contributed by atoms with E-state index in [2.05, 4.69) is 57.4 Å². The van der Waals surface area contributed by atoms with Crippen molar-refractivity contribution < 1.29 is 9.53 Å². The number of nitrogens with zero attached hydrogens (tertiary/aromatic N) is 3. The molecule has 0 unspecified atom stereocenters. The van der Waals surface area contributed by atoms with Gasteiger partial charge in [0.2, 0.25) is 5.91 Å². The van der Waals surface area contributed by atoms with Crippen LogP contribution < -0.4 is 10.6 Å². The molecule has 168 valence electrons. The van der Waals surface area contributed by atoms with Crippen molar-refractivity contribution in [3.63, 3.8) is 0 Å². The number of benzene rings is 2. The summed E-state index contributed by atoms with van der Waals surface area (Å²) in [5.41, 5.74) is 4.31. The number of aryl methyl sites for hydroxylation is 2. The van der Waals surface area contributed by atoms with E-state index < -0.39 is 0 Å². The Hall–Kier alpha value is -2.84. The van der Waals surface area contributed by atoms with E-state index in [1.54, 1.807) is 0 Å². The lowest BCUT2D eigenvalue weighted by molar-refractivity contribution is -0.113. The summed E-state index contributed by atoms with van der Waals surface area (Å²) in [6, 6.07) is 15.8. The molecule has 7 nitrogen and oxygen atoms in total. The number of hydrogen-bond acceptors (Lipinski definition) is 6. The third-order valence-corrected chi connectivity index (χ3v) is 6.38. The Morgan fingerprint density at radius 1 is 1.19 bits per heavy atom. The number of carbonyl (C=O) groups is 1. The second-order valence-corrected chi connectivity index (χ2v) is 8.96. The van der Waals surface area contributed by atoms with Crippen LogP contribution in [-0.2, 0) is 22.6 Å². The van der Waals surface area contributed by atoms with Crippen LogP contribution in [0.4, 0.5) is 11.4 Å². The first-order chi connectivity index (χ1) is 15.6. The molecule has 1 atom stereocenters. The molecule has 2 aromatic carbocycles. The summed E-state index contributed by atoms with van der Waals surface area (Å²) in [5, 5.41) is 15.9. The molecule has 1 aliphatic heterocycles. The number of thioether (sulfide) groups is 1. The summed E-state index contributed by atoms with van der Waals surface area (Å²) in [4.78, 5) is 12.4. The molecule has 3 aromatic rings. The average molecular weight is 452 g/mol. The summed E-state index contributed by atoms with van der Waals surface area (Å²) in [6.45, 7) is 6.23. The Kier molecular flexibility index (Phi) is 7.44. The minimum atomic E-state index is -0.0668. The molecule has 0 bridgehead atoms. The Morgan fingerprint density at radius 3 is 2.78 bits per heavy atom. The number of ether oxygens (including phenoxy) is 1. The molecule has 1 fully saturated rings. The molecule has 4 rings (SSSR count). The predicted molar refractivity (Wildman–Crippen MR) is 128 cm³/mol. The van der Waals surface area contributed by atoms with Gasteiger partial charge in [-0.1, -0.05) is 47.7 Å². The van der Waals surface area contributed by atoms with Crippen LogP contribution in [0.25, 0.3) is 0 Å². The highest BCUT2D eigenvalue weighted by atomic mass is 32.2. The van der Waals surface area contributed by atoms with Gasteiger partial charge in [0.05, 0.1) is 24.9 Å². The number of para-hydroxylation sites is 1. The fourth-order valence-electron chi connectivity index (χ4n) is 3.77. The Labute approximate surface area is 193 Å². The molecule has 1 saturated heterocycles. The van der Waals surface area contributed by atoms with Crippen LogP contribution >= 0.6 is 11.8 Å². The van der Waals surface area contributed by atoms with Crippen molar-refractivity contribution in [3.8, 4) is 0 Å². The Bertz CT molecular complexity index is 1050. The molecule has 2 heterocycles. The Balaban J connectivity index is 1.43. The van der Waals surface area contributed by atoms with Crippen molar-refractivity contribution in [1.29, 1.82) is 0 Å². The lowest BCUT2D eigenvalue weighted by atomic mass is 10.1. The fourth-order valence-corrected chi connectivity index (χ4v) is 4.53. The van der Waals surface area contributed by atoms with Crippen molar-refractivity contribution >= 4 is 29.0 Å². The molecule has 0 saturated carbocycles. The topological polar surface area (TPSA) is 81.1 Å². The second-order valence-electron chi connectivity index (χ2n) is 8.02. The van der Waals surface area contributed by atoms with E-state index in [1.165, 1.54) is 22.9 Å². The summed E-state index contributed by atoms with van der Waals surface area (Å²) < 4.78 is 7.94. The lowest BCUT2D eigenvalue weighted by Gasteiger charge is -2.16. The van der Waals surface area contributed by atoms with Gasteiger partial charge in [0.1, 0.15) is 0 Å². The molecule has 1 amide bonds. The van der Waals surface area contributed by atoms with Gasteiger partial charge < -0.3 is 19.9 Å². The zero-order chi connectivity index (χ0) is 22.3. The molecule has 0 aliphatic carbocycles. The molecule has 1 aromatic heterocycles. The number of anilines is 2. The van der Waals surface area contributed by atoms with Crippen molar-refractivity contribution in [2.24, 2.45) is 0 Å². The minimum absolute atomic E-state index is 0.0668. The van der Waals surface area contributed by atoms with E-state index >= 15 is 0 Å². The summed E-state index contributed by atoms with van der Waals surface area (Å²) >= 11 is 1.40. The zero-order valence-corrected chi connectivity index (χ0v) is 19.3. The molecular weight excluding hydrogens is 422 g/mol. The average Bonchev–Trinajstić information content (AvgIpc) is 3.43. The van der Waals surface area contributed by atoms with E-state index in [0.717, 1.165) is 41.8 Å². The standard InChI is InChI=1S/C24H29N5O2S/c1-17-10-11-21(18(2)13-17)25-14-22-27-28-24(29(22)15-20-9-6-12-31-20)32-16-23(30)26-19-7-4-3-5-8-19/h3-5,7-8,10-11,13,20,25H,6,9,12,14-16H2,1-2H3,(H,26,30)/t20-/m1/s1. The summed E-state index contributed by atoms with van der Waals surface area (Å²) in [5.74, 6) is 1.04. The highest BCUT2D eigenvalue weighted by Gasteiger charge is 2.21. The maximum absolute atomic E-state index is 12.4. The summed E-state index contributed by atoms with van der Waals surface area (Å²) in [6.07, 6.45) is 2.26. The largest absolute Gasteiger partial charge is 0.378 e. The maximum atomic E-state index is 12.4. The van der Waals surface area contributed by atoms with Gasteiger partial charge in [0.25, 0.3) is 0 Å². The monoisotopic (exact) mass is 451 g/mol. The third kappa shape index (κ3) is 5.89. The van der Waals surface area contributed by atoms with Crippen LogP contribution in [0.1, 0.15) is 29.8 Å². The van der Waals surface area contributed by atoms with Crippen LogP contribution in [0.5, 0.6) is 0 Å². The van der Waals surface area contributed by atoms with Crippen molar-refractivity contribution in [2.45, 2.75) is 51.0 Å². The van der Waals surface area contributed by atoms with Gasteiger partial charge in [-0.25, -0.2) is 0 Å². The van der Waals surface area contributed by atoms with Gasteiger partial charge >= 0.3 is 0 Å². The summed E-state index contributed by atoms with van der Waals surface area (Å²) in [7, 11) is 0. The van der Waals surface area contributed by atoms with Gasteiger partial charge in [-0.05, 0) is 50.5 Å². The number of carbonyl (C=O) groups excluding carboxylic acids is 1. The van der Waals surface area contributed by atoms with Crippen molar-refractivity contribution in [1.82, 2.24) is 14.8 Å². The smallest absolute Gasteiger partial charge is 0.234 e. The Morgan fingerprint density at radius 2 is 2.03 bits per heavy atom. The molecule has 32 heavy (non-hydrogen) atoms. The normalized spacial score (nSPS) is 15.6. The predicted octanol–water partition coefficient (Wildman–Crippen LogP) is 4.42. The lowest BCUT2D eigenvalue weighted by Crippen LogP contribution is -2.20. The number of hydrogen-bond donors (Lipinski definition) is 2.